The molecule has 3 aromatic rings. The van der Waals surface area contributed by atoms with Crippen LogP contribution in [0.25, 0.3) is 0 Å². The summed E-state index contributed by atoms with van der Waals surface area (Å²) >= 11 is 7.41. The topological polar surface area (TPSA) is 42.4 Å². The summed E-state index contributed by atoms with van der Waals surface area (Å²) in [6, 6.07) is 11.2. The summed E-state index contributed by atoms with van der Waals surface area (Å²) in [6.45, 7) is 5.76. The Labute approximate surface area is 186 Å². The first kappa shape index (κ1) is 22.8. The van der Waals surface area contributed by atoms with Gasteiger partial charge in [-0.25, -0.2) is 0 Å². The van der Waals surface area contributed by atoms with Crippen molar-refractivity contribution in [2.45, 2.75) is 19.5 Å². The number of ether oxygens (including phenoxy) is 1. The van der Waals surface area contributed by atoms with Crippen molar-refractivity contribution in [1.82, 2.24) is 4.37 Å². The number of aryl methyl sites for hydroxylation is 1. The molecule has 2 aromatic carbocycles. The Bertz CT molecular complexity index is 1060. The largest absolute Gasteiger partial charge is 0.457 e. The van der Waals surface area contributed by atoms with Crippen LogP contribution in [-0.4, -0.2) is 16.8 Å². The van der Waals surface area contributed by atoms with Gasteiger partial charge in [0, 0.05) is 6.54 Å². The van der Waals surface area contributed by atoms with Gasteiger partial charge in [0.05, 0.1) is 22.7 Å². The number of halogens is 4. The highest BCUT2D eigenvalue weighted by Gasteiger charge is 2.30. The van der Waals surface area contributed by atoms with Gasteiger partial charge in [0.15, 0.2) is 0 Å². The number of alkyl halides is 3. The van der Waals surface area contributed by atoms with Crippen LogP contribution < -0.4 is 9.64 Å². The number of carbonyl (C=O) groups excluding carboxylic acids is 1. The van der Waals surface area contributed by atoms with Crippen LogP contribution in [-0.2, 0) is 17.4 Å². The van der Waals surface area contributed by atoms with Gasteiger partial charge < -0.3 is 4.74 Å². The lowest BCUT2D eigenvalue weighted by Crippen LogP contribution is -2.32. The maximum absolute atomic E-state index is 12.8. The Morgan fingerprint density at radius 1 is 1.16 bits per heavy atom. The molecule has 0 saturated heterocycles. The number of hydrogen-bond donors (Lipinski definition) is 0. The molecule has 0 aliphatic heterocycles. The average Bonchev–Trinajstić information content (AvgIpc) is 3.05. The summed E-state index contributed by atoms with van der Waals surface area (Å²) in [7, 11) is 0. The lowest BCUT2D eigenvalue weighted by atomic mass is 10.1. The maximum atomic E-state index is 12.8. The molecule has 0 fully saturated rings. The Kier molecular flexibility index (Phi) is 7.02. The van der Waals surface area contributed by atoms with E-state index in [1.165, 1.54) is 17.0 Å². The summed E-state index contributed by atoms with van der Waals surface area (Å²) in [5.41, 5.74) is 0.665. The van der Waals surface area contributed by atoms with E-state index >= 15 is 0 Å². The van der Waals surface area contributed by atoms with Crippen LogP contribution in [0.2, 0.25) is 5.02 Å². The molecule has 1 aromatic heterocycles. The zero-order chi connectivity index (χ0) is 22.6. The van der Waals surface area contributed by atoms with E-state index in [9.17, 15) is 18.0 Å². The predicted octanol–water partition coefficient (Wildman–Crippen LogP) is 6.68. The molecular formula is C22H18ClF3N2O2S. The molecule has 1 heterocycles. The second-order valence-corrected chi connectivity index (χ2v) is 7.75. The summed E-state index contributed by atoms with van der Waals surface area (Å²) in [5.74, 6) is 0.561. The van der Waals surface area contributed by atoms with Crippen LogP contribution in [0.15, 0.2) is 61.2 Å². The number of benzene rings is 2. The summed E-state index contributed by atoms with van der Waals surface area (Å²) in [5, 5.41) is 1.02. The highest BCUT2D eigenvalue weighted by atomic mass is 35.5. The third-order valence-electron chi connectivity index (χ3n) is 4.33. The predicted molar refractivity (Wildman–Crippen MR) is 116 cm³/mol. The summed E-state index contributed by atoms with van der Waals surface area (Å²) in [4.78, 5) is 14.4. The molecule has 0 bridgehead atoms. The van der Waals surface area contributed by atoms with Crippen molar-refractivity contribution in [2.24, 2.45) is 0 Å². The van der Waals surface area contributed by atoms with Crippen molar-refractivity contribution in [3.05, 3.63) is 83.0 Å². The average molecular weight is 467 g/mol. The second kappa shape index (κ2) is 9.53. The molecule has 0 radical (unpaired) electrons. The normalized spacial score (nSPS) is 11.3. The van der Waals surface area contributed by atoms with E-state index in [4.69, 9.17) is 16.3 Å². The third-order valence-corrected chi connectivity index (χ3v) is 5.86. The third kappa shape index (κ3) is 5.65. The monoisotopic (exact) mass is 466 g/mol. The zero-order valence-corrected chi connectivity index (χ0v) is 18.0. The van der Waals surface area contributed by atoms with E-state index in [1.54, 1.807) is 37.3 Å². The number of amides is 1. The van der Waals surface area contributed by atoms with Gasteiger partial charge in [-0.15, -0.1) is 6.58 Å². The summed E-state index contributed by atoms with van der Waals surface area (Å²) in [6.07, 6.45) is -2.65. The summed E-state index contributed by atoms with van der Waals surface area (Å²) < 4.78 is 47.7. The van der Waals surface area contributed by atoms with Gasteiger partial charge >= 0.3 is 6.18 Å². The van der Waals surface area contributed by atoms with Crippen LogP contribution in [0.5, 0.6) is 11.5 Å². The molecular weight excluding hydrogens is 449 g/mol. The molecule has 0 saturated carbocycles. The molecule has 0 unspecified atom stereocenters. The highest BCUT2D eigenvalue weighted by molar-refractivity contribution is 7.11. The number of rotatable bonds is 7. The molecule has 162 valence electrons. The van der Waals surface area contributed by atoms with Gasteiger partial charge in [0.1, 0.15) is 16.5 Å². The van der Waals surface area contributed by atoms with Crippen molar-refractivity contribution >= 4 is 34.0 Å². The molecule has 0 atom stereocenters. The van der Waals surface area contributed by atoms with E-state index in [2.05, 4.69) is 11.0 Å². The van der Waals surface area contributed by atoms with Gasteiger partial charge in [-0.3, -0.25) is 9.69 Å². The van der Waals surface area contributed by atoms with Crippen molar-refractivity contribution in [2.75, 3.05) is 11.4 Å². The molecule has 0 N–H and O–H groups in total. The Hall–Kier alpha value is -2.84. The highest BCUT2D eigenvalue weighted by Crippen LogP contribution is 2.34. The molecule has 0 aliphatic rings. The number of nitrogens with zero attached hydrogens (tertiary/aromatic N) is 2. The molecule has 9 heteroatoms. The second-order valence-electron chi connectivity index (χ2n) is 6.63. The van der Waals surface area contributed by atoms with Gasteiger partial charge in [-0.05, 0) is 60.4 Å². The van der Waals surface area contributed by atoms with Crippen LogP contribution in [0, 0.1) is 6.92 Å². The molecule has 3 rings (SSSR count). The fraction of sp³-hybridized carbons (Fsp3) is 0.182. The first-order valence-electron chi connectivity index (χ1n) is 9.16. The molecule has 1 amide bonds. The fourth-order valence-electron chi connectivity index (χ4n) is 2.73. The van der Waals surface area contributed by atoms with Crippen LogP contribution >= 0.6 is 23.1 Å². The minimum atomic E-state index is -4.39. The van der Waals surface area contributed by atoms with Crippen molar-refractivity contribution in [3.63, 3.8) is 0 Å². The Morgan fingerprint density at radius 2 is 1.74 bits per heavy atom. The van der Waals surface area contributed by atoms with Crippen molar-refractivity contribution < 1.29 is 22.7 Å². The van der Waals surface area contributed by atoms with E-state index in [0.29, 0.717) is 28.0 Å². The van der Waals surface area contributed by atoms with Crippen LogP contribution in [0.3, 0.4) is 0 Å². The van der Waals surface area contributed by atoms with Crippen molar-refractivity contribution in [3.8, 4) is 11.5 Å². The van der Waals surface area contributed by atoms with E-state index in [-0.39, 0.29) is 18.1 Å². The van der Waals surface area contributed by atoms with Gasteiger partial charge in [0.2, 0.25) is 5.91 Å². The number of carbonyl (C=O) groups is 1. The molecule has 0 spiro atoms. The Morgan fingerprint density at radius 3 is 2.23 bits per heavy atom. The lowest BCUT2D eigenvalue weighted by Gasteiger charge is -2.19. The smallest absolute Gasteiger partial charge is 0.416 e. The van der Waals surface area contributed by atoms with E-state index in [0.717, 1.165) is 29.2 Å². The van der Waals surface area contributed by atoms with E-state index in [1.807, 2.05) is 0 Å². The van der Waals surface area contributed by atoms with E-state index < -0.39 is 11.7 Å². The van der Waals surface area contributed by atoms with Crippen LogP contribution in [0.4, 0.5) is 18.2 Å². The maximum Gasteiger partial charge on any atom is 0.416 e. The molecule has 31 heavy (non-hydrogen) atoms. The molecule has 4 nitrogen and oxygen atoms in total. The quantitative estimate of drug-likeness (QED) is 0.365. The van der Waals surface area contributed by atoms with Crippen molar-refractivity contribution in [1.29, 1.82) is 0 Å². The number of hydrogen-bond acceptors (Lipinski definition) is 4. The fourth-order valence-corrected chi connectivity index (χ4v) is 3.85. The first-order valence-corrected chi connectivity index (χ1v) is 10.3. The Balaban J connectivity index is 1.67. The van der Waals surface area contributed by atoms with Gasteiger partial charge in [-0.2, -0.15) is 17.5 Å². The van der Waals surface area contributed by atoms with Crippen LogP contribution in [0.1, 0.15) is 16.8 Å². The van der Waals surface area contributed by atoms with Gasteiger partial charge in [-0.1, -0.05) is 29.8 Å². The van der Waals surface area contributed by atoms with Gasteiger partial charge in [0.25, 0.3) is 0 Å². The standard InChI is InChI=1S/C22H18ClF3N2O2S/c1-3-12-28(21-20(23)14(2)27-31-21)19(29)13-15-4-8-17(9-5-15)30-18-10-6-16(7-11-18)22(24,25)26/h3-11H,1,12-13H2,2H3. The zero-order valence-electron chi connectivity index (χ0n) is 16.4. The minimum Gasteiger partial charge on any atom is -0.457 e. The first-order chi connectivity index (χ1) is 14.7. The minimum absolute atomic E-state index is 0.127. The molecule has 0 aliphatic carbocycles. The SMILES string of the molecule is C=CCN(C(=O)Cc1ccc(Oc2ccc(C(F)(F)F)cc2)cc1)c1snc(C)c1Cl. The lowest BCUT2D eigenvalue weighted by molar-refractivity contribution is -0.137. The number of anilines is 1. The number of aromatic nitrogens is 1.